The molecule has 24 heavy (non-hydrogen) atoms. The Bertz CT molecular complexity index is 642. The van der Waals surface area contributed by atoms with Crippen molar-refractivity contribution in [3.05, 3.63) is 38.4 Å². The third-order valence-electron chi connectivity index (χ3n) is 2.89. The molecule has 0 aliphatic rings. The lowest BCUT2D eigenvalue weighted by molar-refractivity contribution is -0.394. The largest absolute Gasteiger partial charge is 0.480 e. The highest BCUT2D eigenvalue weighted by Crippen LogP contribution is 2.25. The van der Waals surface area contributed by atoms with Gasteiger partial charge in [0.25, 0.3) is 11.4 Å². The molecule has 2 amide bonds. The van der Waals surface area contributed by atoms with Crippen molar-refractivity contribution in [2.24, 2.45) is 5.92 Å². The smallest absolute Gasteiger partial charge is 0.326 e. The zero-order chi connectivity index (χ0) is 18.4. The Morgan fingerprint density at radius 2 is 1.62 bits per heavy atom. The summed E-state index contributed by atoms with van der Waals surface area (Å²) in [4.78, 5) is 42.8. The minimum Gasteiger partial charge on any atom is -0.480 e. The number of carboxylic acids is 1. The van der Waals surface area contributed by atoms with Gasteiger partial charge >= 0.3 is 12.0 Å². The predicted octanol–water partition coefficient (Wildman–Crippen LogP) is 2.12. The van der Waals surface area contributed by atoms with Crippen molar-refractivity contribution in [2.75, 3.05) is 5.32 Å². The molecule has 0 saturated heterocycles. The number of carboxylic acid groups (broad SMARTS) is 1. The summed E-state index contributed by atoms with van der Waals surface area (Å²) in [6, 6.07) is 0.536. The molecule has 0 aliphatic heterocycles. The van der Waals surface area contributed by atoms with Gasteiger partial charge in [-0.1, -0.05) is 13.8 Å². The number of hydrogen-bond acceptors (Lipinski definition) is 6. The van der Waals surface area contributed by atoms with E-state index >= 15 is 0 Å². The van der Waals surface area contributed by atoms with Crippen LogP contribution < -0.4 is 10.6 Å². The lowest BCUT2D eigenvalue weighted by Crippen LogP contribution is -2.43. The number of anilines is 1. The lowest BCUT2D eigenvalue weighted by Gasteiger charge is -2.16. The van der Waals surface area contributed by atoms with Gasteiger partial charge in [0.05, 0.1) is 21.6 Å². The summed E-state index contributed by atoms with van der Waals surface area (Å²) >= 11 is 0. The average Bonchev–Trinajstić information content (AvgIpc) is 2.45. The van der Waals surface area contributed by atoms with Crippen LogP contribution in [-0.4, -0.2) is 33.0 Å². The van der Waals surface area contributed by atoms with Crippen molar-refractivity contribution >= 4 is 29.1 Å². The zero-order valence-electron chi connectivity index (χ0n) is 12.9. The Labute approximate surface area is 136 Å². The van der Waals surface area contributed by atoms with E-state index in [9.17, 15) is 29.8 Å². The number of rotatable bonds is 7. The van der Waals surface area contributed by atoms with Gasteiger partial charge in [0.1, 0.15) is 6.04 Å². The molecular weight excluding hydrogens is 324 g/mol. The Morgan fingerprint density at radius 1 is 1.12 bits per heavy atom. The summed E-state index contributed by atoms with van der Waals surface area (Å²) in [5.74, 6) is -1.23. The van der Waals surface area contributed by atoms with Gasteiger partial charge in [-0.25, -0.2) is 9.59 Å². The molecule has 0 radical (unpaired) electrons. The molecule has 0 heterocycles. The van der Waals surface area contributed by atoms with Crippen LogP contribution in [0.15, 0.2) is 18.2 Å². The fourth-order valence-corrected chi connectivity index (χ4v) is 1.90. The molecule has 0 fully saturated rings. The van der Waals surface area contributed by atoms with Crippen LogP contribution in [0.5, 0.6) is 0 Å². The third-order valence-corrected chi connectivity index (χ3v) is 2.89. The topological polar surface area (TPSA) is 165 Å². The molecule has 0 unspecified atom stereocenters. The first-order chi connectivity index (χ1) is 11.1. The van der Waals surface area contributed by atoms with Gasteiger partial charge in [-0.2, -0.15) is 0 Å². The van der Waals surface area contributed by atoms with E-state index in [1.807, 2.05) is 0 Å². The van der Waals surface area contributed by atoms with Crippen LogP contribution >= 0.6 is 0 Å². The number of non-ortho nitro benzene ring substituents is 2. The SMILES string of the molecule is CC(C)C[C@@H](NC(=O)Nc1cc([N+](=O)[O-])cc([N+](=O)[O-])c1)C(=O)O. The average molecular weight is 340 g/mol. The highest BCUT2D eigenvalue weighted by molar-refractivity contribution is 5.92. The molecule has 0 aromatic heterocycles. The van der Waals surface area contributed by atoms with E-state index < -0.39 is 39.3 Å². The third kappa shape index (κ3) is 5.51. The second-order valence-corrected chi connectivity index (χ2v) is 5.37. The van der Waals surface area contributed by atoms with Crippen molar-refractivity contribution in [1.82, 2.24) is 5.32 Å². The van der Waals surface area contributed by atoms with Gasteiger partial charge in [-0.05, 0) is 12.3 Å². The second kappa shape index (κ2) is 7.85. The van der Waals surface area contributed by atoms with E-state index in [4.69, 9.17) is 5.11 Å². The number of amides is 2. The minimum atomic E-state index is -1.23. The number of nitro benzene ring substituents is 2. The maximum Gasteiger partial charge on any atom is 0.326 e. The summed E-state index contributed by atoms with van der Waals surface area (Å²) in [7, 11) is 0. The number of nitrogens with one attached hydrogen (secondary N) is 2. The van der Waals surface area contributed by atoms with Crippen LogP contribution in [0.4, 0.5) is 21.9 Å². The van der Waals surface area contributed by atoms with Gasteiger partial charge in [0.15, 0.2) is 0 Å². The molecule has 0 spiro atoms. The molecule has 1 atom stereocenters. The van der Waals surface area contributed by atoms with Crippen molar-refractivity contribution in [1.29, 1.82) is 0 Å². The number of nitrogens with zero attached hydrogens (tertiary/aromatic N) is 2. The van der Waals surface area contributed by atoms with Gasteiger partial charge in [-0.15, -0.1) is 0 Å². The van der Waals surface area contributed by atoms with Gasteiger partial charge in [-0.3, -0.25) is 20.2 Å². The van der Waals surface area contributed by atoms with Crippen molar-refractivity contribution < 1.29 is 24.5 Å². The maximum absolute atomic E-state index is 11.8. The van der Waals surface area contributed by atoms with E-state index in [1.54, 1.807) is 13.8 Å². The van der Waals surface area contributed by atoms with Crippen LogP contribution in [0.1, 0.15) is 20.3 Å². The predicted molar refractivity (Wildman–Crippen MR) is 82.8 cm³/mol. The van der Waals surface area contributed by atoms with Crippen LogP contribution in [0.25, 0.3) is 0 Å². The molecule has 0 bridgehead atoms. The summed E-state index contributed by atoms with van der Waals surface area (Å²) < 4.78 is 0. The summed E-state index contributed by atoms with van der Waals surface area (Å²) in [5.41, 5.74) is -1.34. The van der Waals surface area contributed by atoms with Crippen LogP contribution in [0.3, 0.4) is 0 Å². The van der Waals surface area contributed by atoms with Crippen LogP contribution in [-0.2, 0) is 4.79 Å². The Balaban J connectivity index is 2.94. The normalized spacial score (nSPS) is 11.6. The van der Waals surface area contributed by atoms with E-state index in [0.29, 0.717) is 0 Å². The van der Waals surface area contributed by atoms with Crippen molar-refractivity contribution in [3.63, 3.8) is 0 Å². The van der Waals surface area contributed by atoms with Crippen molar-refractivity contribution in [2.45, 2.75) is 26.3 Å². The quantitative estimate of drug-likeness (QED) is 0.505. The number of nitro groups is 2. The number of carbonyl (C=O) groups is 2. The maximum atomic E-state index is 11.8. The highest BCUT2D eigenvalue weighted by Gasteiger charge is 2.22. The van der Waals surface area contributed by atoms with Crippen molar-refractivity contribution in [3.8, 4) is 0 Å². The molecule has 1 aromatic carbocycles. The number of aliphatic carboxylic acids is 1. The first-order valence-corrected chi connectivity index (χ1v) is 6.84. The van der Waals surface area contributed by atoms with Gasteiger partial charge in [0, 0.05) is 12.1 Å². The number of carbonyl (C=O) groups excluding carboxylic acids is 1. The van der Waals surface area contributed by atoms with Crippen LogP contribution in [0.2, 0.25) is 0 Å². The fraction of sp³-hybridized carbons (Fsp3) is 0.385. The molecule has 1 rings (SSSR count). The standard InChI is InChI=1S/C13H16N4O7/c1-7(2)3-11(12(18)19)15-13(20)14-8-4-9(16(21)22)6-10(5-8)17(23)24/h4-7,11H,3H2,1-2H3,(H,18,19)(H2,14,15,20)/t11-/m1/s1. The molecule has 11 nitrogen and oxygen atoms in total. The molecule has 0 saturated carbocycles. The number of urea groups is 1. The second-order valence-electron chi connectivity index (χ2n) is 5.37. The van der Waals surface area contributed by atoms with E-state index in [0.717, 1.165) is 18.2 Å². The molecule has 1 aromatic rings. The molecule has 130 valence electrons. The van der Waals surface area contributed by atoms with Crippen LogP contribution in [0, 0.1) is 26.1 Å². The first kappa shape index (κ1) is 18.8. The summed E-state index contributed by atoms with van der Waals surface area (Å²) in [6.07, 6.45) is 0.178. The van der Waals surface area contributed by atoms with E-state index in [2.05, 4.69) is 10.6 Å². The van der Waals surface area contributed by atoms with Gasteiger partial charge in [0.2, 0.25) is 0 Å². The highest BCUT2D eigenvalue weighted by atomic mass is 16.6. The van der Waals surface area contributed by atoms with E-state index in [1.165, 1.54) is 0 Å². The van der Waals surface area contributed by atoms with Gasteiger partial charge < -0.3 is 15.7 Å². The minimum absolute atomic E-state index is 0.00491. The summed E-state index contributed by atoms with van der Waals surface area (Å²) in [6.45, 7) is 3.55. The Hall–Kier alpha value is -3.24. The number of hydrogen-bond donors (Lipinski definition) is 3. The number of benzene rings is 1. The Kier molecular flexibility index (Phi) is 6.15. The summed E-state index contributed by atoms with van der Waals surface area (Å²) in [5, 5.41) is 35.0. The molecule has 0 aliphatic carbocycles. The Morgan fingerprint density at radius 3 is 2.00 bits per heavy atom. The van der Waals surface area contributed by atoms with E-state index in [-0.39, 0.29) is 18.0 Å². The monoisotopic (exact) mass is 340 g/mol. The molecule has 11 heteroatoms. The molecule has 3 N–H and O–H groups in total. The first-order valence-electron chi connectivity index (χ1n) is 6.84. The fourth-order valence-electron chi connectivity index (χ4n) is 1.90. The zero-order valence-corrected chi connectivity index (χ0v) is 12.9. The molecular formula is C13H16N4O7. The lowest BCUT2D eigenvalue weighted by atomic mass is 10.0.